The van der Waals surface area contributed by atoms with Crippen molar-refractivity contribution in [3.63, 3.8) is 0 Å². The van der Waals surface area contributed by atoms with Crippen LogP contribution in [0.3, 0.4) is 0 Å². The summed E-state index contributed by atoms with van der Waals surface area (Å²) in [7, 11) is 0. The van der Waals surface area contributed by atoms with Crippen LogP contribution in [0.2, 0.25) is 14.8 Å². The predicted molar refractivity (Wildman–Crippen MR) is 50.8 cm³/mol. The molecule has 0 spiro atoms. The Bertz CT molecular complexity index is 191. The van der Waals surface area contributed by atoms with Crippen molar-refractivity contribution in [3.05, 3.63) is 0 Å². The van der Waals surface area contributed by atoms with Crippen molar-refractivity contribution in [3.8, 4) is 0 Å². The van der Waals surface area contributed by atoms with Crippen molar-refractivity contribution in [1.29, 1.82) is 0 Å². The van der Waals surface area contributed by atoms with Crippen LogP contribution in [0, 0.1) is 0 Å². The molecule has 0 aromatic carbocycles. The minimum absolute atomic E-state index is 0.0412. The van der Waals surface area contributed by atoms with Crippen LogP contribution < -0.4 is 0 Å². The van der Waals surface area contributed by atoms with E-state index >= 15 is 0 Å². The fourth-order valence-electron chi connectivity index (χ4n) is 0.969. The van der Waals surface area contributed by atoms with Gasteiger partial charge in [0.15, 0.2) is 0 Å². The Balaban J connectivity index is 2.79. The molecule has 0 aromatic rings. The quantitative estimate of drug-likeness (QED) is 0.663. The van der Waals surface area contributed by atoms with E-state index in [1.165, 1.54) is 0 Å². The van der Waals surface area contributed by atoms with Gasteiger partial charge in [-0.05, 0) is 0 Å². The molecule has 0 atom stereocenters. The van der Waals surface area contributed by atoms with Crippen LogP contribution in [0.5, 0.6) is 0 Å². The molecule has 0 aromatic heterocycles. The summed E-state index contributed by atoms with van der Waals surface area (Å²) >= 11 is -1.98. The van der Waals surface area contributed by atoms with Crippen molar-refractivity contribution >= 4 is 22.3 Å². The molecule has 11 heavy (non-hydrogen) atoms. The first-order valence-corrected chi connectivity index (χ1v) is 14.0. The second-order valence-electron chi connectivity index (χ2n) is 4.77. The van der Waals surface area contributed by atoms with Crippen LogP contribution in [-0.2, 0) is 4.74 Å². The van der Waals surface area contributed by atoms with Crippen molar-refractivity contribution in [2.75, 3.05) is 6.61 Å². The Labute approximate surface area is 72.9 Å². The number of hydrogen-bond donors (Lipinski definition) is 0. The van der Waals surface area contributed by atoms with Gasteiger partial charge in [0.1, 0.15) is 0 Å². The Kier molecular flexibility index (Phi) is 2.25. The standard InChI is InChI=1S/C5H8NO.3CH3.Sn/c1-5(2)3-7-4-6-5;;;;/h3H2,1-2H3;3*1H3;. The summed E-state index contributed by atoms with van der Waals surface area (Å²) in [6.45, 7) is 5.02. The topological polar surface area (TPSA) is 21.6 Å². The van der Waals surface area contributed by atoms with Gasteiger partial charge in [0.05, 0.1) is 0 Å². The van der Waals surface area contributed by atoms with Gasteiger partial charge in [-0.3, -0.25) is 0 Å². The molecule has 64 valence electrons. The first kappa shape index (κ1) is 9.36. The van der Waals surface area contributed by atoms with E-state index in [4.69, 9.17) is 4.74 Å². The van der Waals surface area contributed by atoms with Crippen molar-refractivity contribution in [2.24, 2.45) is 4.99 Å². The fraction of sp³-hybridized carbons (Fsp3) is 0.875. The second-order valence-corrected chi connectivity index (χ2v) is 18.8. The summed E-state index contributed by atoms with van der Waals surface area (Å²) in [6, 6.07) is 0. The number of nitrogens with zero attached hydrogens (tertiary/aromatic N) is 1. The maximum absolute atomic E-state index is 5.58. The Morgan fingerprint density at radius 3 is 2.09 bits per heavy atom. The normalized spacial score (nSPS) is 22.8. The van der Waals surface area contributed by atoms with Gasteiger partial charge in [0, 0.05) is 0 Å². The summed E-state index contributed by atoms with van der Waals surface area (Å²) in [4.78, 5) is 11.6. The van der Waals surface area contributed by atoms with E-state index in [0.29, 0.717) is 0 Å². The molecule has 1 rings (SSSR count). The first-order valence-electron chi connectivity index (χ1n) is 4.04. The Hall–Kier alpha value is 0.269. The molecule has 0 amide bonds. The monoisotopic (exact) mass is 263 g/mol. The average molecular weight is 262 g/mol. The summed E-state index contributed by atoms with van der Waals surface area (Å²) in [6.07, 6.45) is 0. The molecular formula is C8H17NOSn. The molecule has 0 saturated heterocycles. The third-order valence-electron chi connectivity index (χ3n) is 1.61. The van der Waals surface area contributed by atoms with Crippen molar-refractivity contribution in [2.45, 2.75) is 34.2 Å². The number of ether oxygens (including phenoxy) is 1. The summed E-state index contributed by atoms with van der Waals surface area (Å²) < 4.78 is 6.68. The average Bonchev–Trinajstić information content (AvgIpc) is 2.07. The molecule has 1 aliphatic heterocycles. The van der Waals surface area contributed by atoms with Crippen LogP contribution >= 0.6 is 0 Å². The summed E-state index contributed by atoms with van der Waals surface area (Å²) in [5, 5.41) is 0. The molecule has 1 heterocycles. The van der Waals surface area contributed by atoms with Gasteiger partial charge in [-0.1, -0.05) is 0 Å². The van der Waals surface area contributed by atoms with Gasteiger partial charge in [-0.15, -0.1) is 0 Å². The summed E-state index contributed by atoms with van der Waals surface area (Å²) in [5.41, 5.74) is 0.0412. The molecule has 0 bridgehead atoms. The van der Waals surface area contributed by atoms with E-state index in [1.807, 2.05) is 0 Å². The zero-order chi connectivity index (χ0) is 8.70. The van der Waals surface area contributed by atoms with E-state index in [2.05, 4.69) is 33.7 Å². The van der Waals surface area contributed by atoms with E-state index < -0.39 is 18.4 Å². The van der Waals surface area contributed by atoms with Gasteiger partial charge >= 0.3 is 72.8 Å². The van der Waals surface area contributed by atoms with Gasteiger partial charge in [-0.2, -0.15) is 0 Å². The third kappa shape index (κ3) is 2.35. The number of rotatable bonds is 1. The second kappa shape index (κ2) is 2.64. The van der Waals surface area contributed by atoms with Crippen LogP contribution in [0.25, 0.3) is 0 Å². The minimum atomic E-state index is -1.98. The molecule has 0 unspecified atom stereocenters. The molecule has 0 aliphatic carbocycles. The third-order valence-corrected chi connectivity index (χ3v) is 6.00. The van der Waals surface area contributed by atoms with Crippen LogP contribution in [0.1, 0.15) is 13.8 Å². The summed E-state index contributed by atoms with van der Waals surface area (Å²) in [5.74, 6) is 0. The molecule has 0 radical (unpaired) electrons. The Morgan fingerprint density at radius 2 is 1.91 bits per heavy atom. The van der Waals surface area contributed by atoms with Crippen molar-refractivity contribution < 1.29 is 4.74 Å². The van der Waals surface area contributed by atoms with Gasteiger partial charge in [0.2, 0.25) is 0 Å². The first-order chi connectivity index (χ1) is 4.81. The number of aliphatic imine (C=N–C) groups is 1. The molecule has 1 aliphatic rings. The molecule has 0 fully saturated rings. The van der Waals surface area contributed by atoms with Crippen molar-refractivity contribution in [1.82, 2.24) is 0 Å². The van der Waals surface area contributed by atoms with E-state index in [9.17, 15) is 0 Å². The predicted octanol–water partition coefficient (Wildman–Crippen LogP) is 2.07. The van der Waals surface area contributed by atoms with Crippen LogP contribution in [0.15, 0.2) is 4.99 Å². The molecule has 2 nitrogen and oxygen atoms in total. The SMILES string of the molecule is CC1(C)CO[C]([Sn]([CH3])([CH3])[CH3])=N1. The van der Waals surface area contributed by atoms with Gasteiger partial charge in [0.25, 0.3) is 0 Å². The van der Waals surface area contributed by atoms with Crippen LogP contribution in [0.4, 0.5) is 0 Å². The van der Waals surface area contributed by atoms with Gasteiger partial charge < -0.3 is 0 Å². The van der Waals surface area contributed by atoms with Crippen LogP contribution in [-0.4, -0.2) is 34.4 Å². The zero-order valence-electron chi connectivity index (χ0n) is 8.06. The van der Waals surface area contributed by atoms with E-state index in [0.717, 1.165) is 10.5 Å². The molecular weight excluding hydrogens is 245 g/mol. The number of hydrogen-bond acceptors (Lipinski definition) is 2. The fourth-order valence-corrected chi connectivity index (χ4v) is 4.23. The zero-order valence-corrected chi connectivity index (χ0v) is 10.9. The van der Waals surface area contributed by atoms with E-state index in [1.54, 1.807) is 0 Å². The molecule has 0 N–H and O–H groups in total. The Morgan fingerprint density at radius 1 is 1.36 bits per heavy atom. The maximum atomic E-state index is 5.58. The van der Waals surface area contributed by atoms with E-state index in [-0.39, 0.29) is 5.54 Å². The van der Waals surface area contributed by atoms with Gasteiger partial charge in [-0.25, -0.2) is 0 Å². The molecule has 3 heteroatoms. The molecule has 0 saturated carbocycles.